The summed E-state index contributed by atoms with van der Waals surface area (Å²) in [7, 11) is 0. The van der Waals surface area contributed by atoms with Crippen LogP contribution in [0.3, 0.4) is 0 Å². The molecule has 1 rings (SSSR count). The standard InChI is InChI=1S/C32H53N3O6/c1-8-10-11-12-13-17-22-35(30(38)26(23-24(3)4)34-31(39)41-32(5,6)7)28(25-18-15-14-16-19-25)29(37)33-21-20-27(36)40-9-2/h14-16,18-19,24,26,28H,8-13,17,20-23H2,1-7H3,(H,33,37)(H,34,39). The normalized spacial score (nSPS) is 12.8. The molecule has 2 atom stereocenters. The van der Waals surface area contributed by atoms with Gasteiger partial charge in [0.1, 0.15) is 17.7 Å². The van der Waals surface area contributed by atoms with E-state index in [1.54, 1.807) is 32.6 Å². The zero-order chi connectivity index (χ0) is 30.8. The summed E-state index contributed by atoms with van der Waals surface area (Å²) in [5, 5.41) is 5.61. The Morgan fingerprint density at radius 2 is 1.56 bits per heavy atom. The summed E-state index contributed by atoms with van der Waals surface area (Å²) in [4.78, 5) is 54.1. The molecule has 1 aromatic rings. The molecule has 0 radical (unpaired) electrons. The van der Waals surface area contributed by atoms with Crippen LogP contribution in [-0.4, -0.2) is 60.1 Å². The average molecular weight is 576 g/mol. The molecule has 41 heavy (non-hydrogen) atoms. The Labute approximate surface area is 247 Å². The van der Waals surface area contributed by atoms with E-state index in [4.69, 9.17) is 9.47 Å². The van der Waals surface area contributed by atoms with Gasteiger partial charge in [0, 0.05) is 13.1 Å². The summed E-state index contributed by atoms with van der Waals surface area (Å²) in [5.74, 6) is -1.03. The van der Waals surface area contributed by atoms with Crippen LogP contribution in [-0.2, 0) is 23.9 Å². The molecule has 2 N–H and O–H groups in total. The van der Waals surface area contributed by atoms with Crippen LogP contribution < -0.4 is 10.6 Å². The first-order valence-electron chi connectivity index (χ1n) is 15.2. The molecule has 0 aromatic heterocycles. The molecular formula is C32H53N3O6. The summed E-state index contributed by atoms with van der Waals surface area (Å²) in [6.07, 6.45) is 5.85. The van der Waals surface area contributed by atoms with Crippen molar-refractivity contribution in [3.8, 4) is 0 Å². The van der Waals surface area contributed by atoms with E-state index in [1.807, 2.05) is 44.2 Å². The lowest BCUT2D eigenvalue weighted by Crippen LogP contribution is -2.53. The molecule has 1 aromatic carbocycles. The Morgan fingerprint density at radius 1 is 0.927 bits per heavy atom. The van der Waals surface area contributed by atoms with Gasteiger partial charge in [-0.05, 0) is 52.0 Å². The number of carbonyl (C=O) groups is 4. The number of benzene rings is 1. The predicted octanol–water partition coefficient (Wildman–Crippen LogP) is 5.93. The molecule has 3 amide bonds. The van der Waals surface area contributed by atoms with Crippen LogP contribution in [0.1, 0.15) is 111 Å². The van der Waals surface area contributed by atoms with Crippen molar-refractivity contribution in [1.82, 2.24) is 15.5 Å². The van der Waals surface area contributed by atoms with Crippen LogP contribution in [0.4, 0.5) is 4.79 Å². The number of esters is 1. The summed E-state index contributed by atoms with van der Waals surface area (Å²) in [5.41, 5.74) is -0.0694. The molecule has 0 aliphatic rings. The highest BCUT2D eigenvalue weighted by Crippen LogP contribution is 2.25. The second-order valence-corrected chi connectivity index (χ2v) is 11.8. The maximum absolute atomic E-state index is 14.2. The van der Waals surface area contributed by atoms with Crippen molar-refractivity contribution in [2.24, 2.45) is 5.92 Å². The second kappa shape index (κ2) is 19.1. The van der Waals surface area contributed by atoms with Crippen LogP contribution in [0.25, 0.3) is 0 Å². The van der Waals surface area contributed by atoms with Gasteiger partial charge in [-0.2, -0.15) is 0 Å². The van der Waals surface area contributed by atoms with Gasteiger partial charge in [0.05, 0.1) is 13.0 Å². The van der Waals surface area contributed by atoms with E-state index in [0.29, 0.717) is 18.5 Å². The zero-order valence-corrected chi connectivity index (χ0v) is 26.3. The molecule has 9 nitrogen and oxygen atoms in total. The number of alkyl carbamates (subject to hydrolysis) is 1. The number of rotatable bonds is 18. The van der Waals surface area contributed by atoms with Gasteiger partial charge in [0.25, 0.3) is 0 Å². The summed E-state index contributed by atoms with van der Waals surface area (Å²) < 4.78 is 10.4. The first-order chi connectivity index (χ1) is 19.4. The second-order valence-electron chi connectivity index (χ2n) is 11.8. The number of amides is 3. The maximum Gasteiger partial charge on any atom is 0.408 e. The van der Waals surface area contributed by atoms with Gasteiger partial charge in [-0.3, -0.25) is 14.4 Å². The van der Waals surface area contributed by atoms with E-state index in [1.165, 1.54) is 0 Å². The van der Waals surface area contributed by atoms with E-state index in [9.17, 15) is 19.2 Å². The van der Waals surface area contributed by atoms with Gasteiger partial charge < -0.3 is 25.0 Å². The quantitative estimate of drug-likeness (QED) is 0.166. The van der Waals surface area contributed by atoms with Crippen molar-refractivity contribution in [3.05, 3.63) is 35.9 Å². The van der Waals surface area contributed by atoms with Crippen LogP contribution in [0.5, 0.6) is 0 Å². The first-order valence-corrected chi connectivity index (χ1v) is 15.2. The minimum Gasteiger partial charge on any atom is -0.466 e. The van der Waals surface area contributed by atoms with Gasteiger partial charge >= 0.3 is 12.1 Å². The maximum atomic E-state index is 14.2. The third-order valence-electron chi connectivity index (χ3n) is 6.34. The van der Waals surface area contributed by atoms with E-state index in [-0.39, 0.29) is 37.3 Å². The van der Waals surface area contributed by atoms with Crippen molar-refractivity contribution in [1.29, 1.82) is 0 Å². The van der Waals surface area contributed by atoms with Crippen molar-refractivity contribution >= 4 is 23.9 Å². The lowest BCUT2D eigenvalue weighted by Gasteiger charge is -2.35. The fourth-order valence-corrected chi connectivity index (χ4v) is 4.50. The van der Waals surface area contributed by atoms with Gasteiger partial charge in [0.15, 0.2) is 0 Å². The molecule has 232 valence electrons. The summed E-state index contributed by atoms with van der Waals surface area (Å²) in [6.45, 7) is 13.9. The Hall–Kier alpha value is -3.10. The van der Waals surface area contributed by atoms with Crippen molar-refractivity contribution < 1.29 is 28.7 Å². The van der Waals surface area contributed by atoms with E-state index in [0.717, 1.165) is 38.5 Å². The summed E-state index contributed by atoms with van der Waals surface area (Å²) in [6, 6.07) is 7.33. The third kappa shape index (κ3) is 14.9. The molecule has 0 heterocycles. The number of ether oxygens (including phenoxy) is 2. The van der Waals surface area contributed by atoms with Crippen molar-refractivity contribution in [2.45, 2.75) is 118 Å². The lowest BCUT2D eigenvalue weighted by atomic mass is 9.98. The number of nitrogens with one attached hydrogen (secondary N) is 2. The minimum atomic E-state index is -0.934. The Balaban J connectivity index is 3.34. The molecule has 0 saturated carbocycles. The third-order valence-corrected chi connectivity index (χ3v) is 6.34. The van der Waals surface area contributed by atoms with Crippen molar-refractivity contribution in [2.75, 3.05) is 19.7 Å². The molecule has 0 spiro atoms. The topological polar surface area (TPSA) is 114 Å². The number of unbranched alkanes of at least 4 members (excludes halogenated alkanes) is 5. The highest BCUT2D eigenvalue weighted by atomic mass is 16.6. The predicted molar refractivity (Wildman–Crippen MR) is 161 cm³/mol. The number of nitrogens with zero attached hydrogens (tertiary/aromatic N) is 1. The Morgan fingerprint density at radius 3 is 2.15 bits per heavy atom. The summed E-state index contributed by atoms with van der Waals surface area (Å²) >= 11 is 0. The van der Waals surface area contributed by atoms with E-state index < -0.39 is 29.7 Å². The number of hydrogen-bond acceptors (Lipinski definition) is 6. The van der Waals surface area contributed by atoms with Gasteiger partial charge in [0.2, 0.25) is 11.8 Å². The first kappa shape index (κ1) is 35.9. The Bertz CT molecular complexity index is 929. The fourth-order valence-electron chi connectivity index (χ4n) is 4.50. The smallest absolute Gasteiger partial charge is 0.408 e. The Kier molecular flexibility index (Phi) is 16.7. The zero-order valence-electron chi connectivity index (χ0n) is 26.3. The van der Waals surface area contributed by atoms with Crippen LogP contribution in [0.2, 0.25) is 0 Å². The molecule has 0 saturated heterocycles. The molecule has 9 heteroatoms. The molecule has 0 aliphatic heterocycles. The SMILES string of the molecule is CCCCCCCCN(C(=O)C(CC(C)C)NC(=O)OC(C)(C)C)C(C(=O)NCCC(=O)OCC)c1ccccc1. The fraction of sp³-hybridized carbons (Fsp3) is 0.688. The van der Waals surface area contributed by atoms with E-state index in [2.05, 4.69) is 17.6 Å². The van der Waals surface area contributed by atoms with Gasteiger partial charge in [-0.1, -0.05) is 83.2 Å². The molecule has 0 aliphatic carbocycles. The van der Waals surface area contributed by atoms with Crippen LogP contribution in [0, 0.1) is 5.92 Å². The number of hydrogen-bond donors (Lipinski definition) is 2. The van der Waals surface area contributed by atoms with Crippen LogP contribution in [0.15, 0.2) is 30.3 Å². The van der Waals surface area contributed by atoms with Crippen molar-refractivity contribution in [3.63, 3.8) is 0 Å². The molecule has 0 bridgehead atoms. The van der Waals surface area contributed by atoms with Crippen LogP contribution >= 0.6 is 0 Å². The molecule has 2 unspecified atom stereocenters. The van der Waals surface area contributed by atoms with Gasteiger partial charge in [-0.15, -0.1) is 0 Å². The highest BCUT2D eigenvalue weighted by Gasteiger charge is 2.36. The highest BCUT2D eigenvalue weighted by molar-refractivity contribution is 5.92. The van der Waals surface area contributed by atoms with Gasteiger partial charge in [-0.25, -0.2) is 4.79 Å². The molecular weight excluding hydrogens is 522 g/mol. The minimum absolute atomic E-state index is 0.0304. The monoisotopic (exact) mass is 575 g/mol. The average Bonchev–Trinajstić information content (AvgIpc) is 2.88. The largest absolute Gasteiger partial charge is 0.466 e. The molecule has 0 fully saturated rings. The number of carbonyl (C=O) groups excluding carboxylic acids is 4. The van der Waals surface area contributed by atoms with E-state index >= 15 is 0 Å². The lowest BCUT2D eigenvalue weighted by molar-refractivity contribution is -0.144.